The van der Waals surface area contributed by atoms with E-state index in [2.05, 4.69) is 4.98 Å². The van der Waals surface area contributed by atoms with Gasteiger partial charge in [-0.2, -0.15) is 0 Å². The molecule has 2 aliphatic rings. The number of nitrogens with zero attached hydrogens (tertiary/aromatic N) is 3. The van der Waals surface area contributed by atoms with Crippen LogP contribution < -0.4 is 0 Å². The topological polar surface area (TPSA) is 96.9 Å². The van der Waals surface area contributed by atoms with E-state index in [0.29, 0.717) is 42.3 Å². The highest BCUT2D eigenvalue weighted by atomic mass is 35.5. The van der Waals surface area contributed by atoms with Crippen molar-refractivity contribution in [1.82, 2.24) is 14.8 Å². The number of hydrogen-bond acceptors (Lipinski definition) is 6. The Hall–Kier alpha value is -2.65. The first-order valence-electron chi connectivity index (χ1n) is 11.7. The molecule has 1 aromatic heterocycles. The molecule has 0 spiro atoms. The molecule has 0 radical (unpaired) electrons. The summed E-state index contributed by atoms with van der Waals surface area (Å²) in [4.78, 5) is 32.8. The number of ether oxygens (including phenoxy) is 1. The van der Waals surface area contributed by atoms with Gasteiger partial charge in [-0.25, -0.2) is 13.2 Å². The zero-order valence-corrected chi connectivity index (χ0v) is 21.7. The van der Waals surface area contributed by atoms with Crippen molar-refractivity contribution in [3.8, 4) is 11.1 Å². The predicted octanol–water partition coefficient (Wildman–Crippen LogP) is 4.17. The van der Waals surface area contributed by atoms with E-state index in [0.717, 1.165) is 24.0 Å². The molecule has 35 heavy (non-hydrogen) atoms. The first kappa shape index (κ1) is 25.4. The molecule has 2 fully saturated rings. The lowest BCUT2D eigenvalue weighted by Crippen LogP contribution is -2.51. The molecular formula is C25H30ClN3O5S. The van der Waals surface area contributed by atoms with Gasteiger partial charge >= 0.3 is 6.09 Å². The van der Waals surface area contributed by atoms with Crippen LogP contribution >= 0.6 is 11.6 Å². The second-order valence-corrected chi connectivity index (χ2v) is 12.7. The van der Waals surface area contributed by atoms with Crippen molar-refractivity contribution in [1.29, 1.82) is 0 Å². The lowest BCUT2D eigenvalue weighted by atomic mass is 10.0. The molecule has 1 aromatic carbocycles. The fraction of sp³-hybridized carbons (Fsp3) is 0.480. The second kappa shape index (κ2) is 9.78. The molecule has 1 saturated heterocycles. The predicted molar refractivity (Wildman–Crippen MR) is 134 cm³/mol. The molecule has 4 rings (SSSR count). The Balaban J connectivity index is 1.42. The van der Waals surface area contributed by atoms with E-state index in [1.807, 2.05) is 20.8 Å². The largest absolute Gasteiger partial charge is 0.444 e. The molecule has 2 heterocycles. The van der Waals surface area contributed by atoms with E-state index >= 15 is 0 Å². The van der Waals surface area contributed by atoms with Crippen LogP contribution in [-0.4, -0.2) is 72.2 Å². The Morgan fingerprint density at radius 2 is 1.69 bits per heavy atom. The summed E-state index contributed by atoms with van der Waals surface area (Å²) in [6.07, 6.45) is 4.30. The van der Waals surface area contributed by atoms with Gasteiger partial charge in [0.25, 0.3) is 5.91 Å². The molecule has 0 bridgehead atoms. The maximum absolute atomic E-state index is 13.1. The van der Waals surface area contributed by atoms with Crippen LogP contribution in [0.5, 0.6) is 0 Å². The molecule has 1 aliphatic heterocycles. The number of aromatic nitrogens is 1. The highest BCUT2D eigenvalue weighted by molar-refractivity contribution is 7.91. The Morgan fingerprint density at radius 3 is 2.29 bits per heavy atom. The van der Waals surface area contributed by atoms with E-state index in [-0.39, 0.29) is 23.0 Å². The zero-order chi connectivity index (χ0) is 25.4. The number of sulfone groups is 1. The van der Waals surface area contributed by atoms with E-state index in [1.165, 1.54) is 0 Å². The molecule has 10 heteroatoms. The molecule has 0 N–H and O–H groups in total. The van der Waals surface area contributed by atoms with Crippen LogP contribution in [0.2, 0.25) is 5.02 Å². The van der Waals surface area contributed by atoms with Gasteiger partial charge in [0.15, 0.2) is 9.84 Å². The minimum absolute atomic E-state index is 0.0297. The van der Waals surface area contributed by atoms with Gasteiger partial charge in [0.2, 0.25) is 0 Å². The summed E-state index contributed by atoms with van der Waals surface area (Å²) in [7, 11) is -3.14. The van der Waals surface area contributed by atoms with Crippen molar-refractivity contribution in [3.05, 3.63) is 52.8 Å². The lowest BCUT2D eigenvalue weighted by molar-refractivity contribution is 0.0141. The molecule has 2 aromatic rings. The first-order valence-corrected chi connectivity index (χ1v) is 13.7. The molecule has 2 amide bonds. The van der Waals surface area contributed by atoms with Crippen molar-refractivity contribution >= 4 is 33.4 Å². The van der Waals surface area contributed by atoms with Gasteiger partial charge in [-0.3, -0.25) is 9.78 Å². The highest BCUT2D eigenvalue weighted by Gasteiger charge is 2.35. The number of rotatable bonds is 5. The van der Waals surface area contributed by atoms with E-state index in [4.69, 9.17) is 16.3 Å². The van der Waals surface area contributed by atoms with Gasteiger partial charge in [-0.15, -0.1) is 0 Å². The van der Waals surface area contributed by atoms with Gasteiger partial charge in [0.05, 0.1) is 21.6 Å². The molecule has 1 aliphatic carbocycles. The van der Waals surface area contributed by atoms with Gasteiger partial charge in [0.1, 0.15) is 5.60 Å². The Kier molecular flexibility index (Phi) is 7.11. The third-order valence-electron chi connectivity index (χ3n) is 5.95. The molecule has 0 unspecified atom stereocenters. The second-order valence-electron chi connectivity index (χ2n) is 10.0. The Morgan fingerprint density at radius 1 is 1.03 bits per heavy atom. The summed E-state index contributed by atoms with van der Waals surface area (Å²) in [6.45, 7) is 7.00. The number of halogens is 1. The van der Waals surface area contributed by atoms with Crippen LogP contribution in [0.3, 0.4) is 0 Å². The van der Waals surface area contributed by atoms with Crippen molar-refractivity contribution < 1.29 is 22.7 Å². The number of pyridine rings is 1. The quantitative estimate of drug-likeness (QED) is 0.588. The summed E-state index contributed by atoms with van der Waals surface area (Å²) in [5.41, 5.74) is 1.93. The minimum atomic E-state index is -3.14. The summed E-state index contributed by atoms with van der Waals surface area (Å²) in [5.74, 6) is -0.231. The normalized spacial score (nSPS) is 16.8. The SMILES string of the molecule is CC(C)(C)OC(=O)N1CCN(C(=O)c2ccc(-c3cncc(CS(=O)(=O)C4CC4)c3)cc2Cl)CC1. The van der Waals surface area contributed by atoms with Crippen LogP contribution in [0.4, 0.5) is 4.79 Å². The molecule has 188 valence electrons. The van der Waals surface area contributed by atoms with Crippen LogP contribution in [0, 0.1) is 0 Å². The first-order chi connectivity index (χ1) is 16.4. The third kappa shape index (κ3) is 6.32. The minimum Gasteiger partial charge on any atom is -0.444 e. The van der Waals surface area contributed by atoms with Gasteiger partial charge in [0, 0.05) is 44.1 Å². The summed E-state index contributed by atoms with van der Waals surface area (Å²) < 4.78 is 30.1. The molecular weight excluding hydrogens is 490 g/mol. The number of carbonyl (C=O) groups is 2. The van der Waals surface area contributed by atoms with E-state index in [1.54, 1.807) is 46.5 Å². The summed E-state index contributed by atoms with van der Waals surface area (Å²) >= 11 is 6.49. The van der Waals surface area contributed by atoms with Gasteiger partial charge < -0.3 is 14.5 Å². The van der Waals surface area contributed by atoms with Crippen molar-refractivity contribution in [3.63, 3.8) is 0 Å². The van der Waals surface area contributed by atoms with Crippen molar-refractivity contribution in [2.45, 2.75) is 50.2 Å². The third-order valence-corrected chi connectivity index (χ3v) is 8.48. The fourth-order valence-electron chi connectivity index (χ4n) is 3.96. The van der Waals surface area contributed by atoms with E-state index < -0.39 is 15.4 Å². The number of amides is 2. The number of hydrogen-bond donors (Lipinski definition) is 0. The molecule has 0 atom stereocenters. The van der Waals surface area contributed by atoms with E-state index in [9.17, 15) is 18.0 Å². The average molecular weight is 520 g/mol. The fourth-order valence-corrected chi connectivity index (χ4v) is 5.93. The lowest BCUT2D eigenvalue weighted by Gasteiger charge is -2.35. The summed E-state index contributed by atoms with van der Waals surface area (Å²) in [6, 6.07) is 6.96. The van der Waals surface area contributed by atoms with Crippen molar-refractivity contribution in [2.24, 2.45) is 0 Å². The number of benzene rings is 1. The van der Waals surface area contributed by atoms with Crippen LogP contribution in [0.25, 0.3) is 11.1 Å². The Bertz CT molecular complexity index is 1230. The highest BCUT2D eigenvalue weighted by Crippen LogP contribution is 2.32. The van der Waals surface area contributed by atoms with Crippen LogP contribution in [0.15, 0.2) is 36.7 Å². The number of carbonyl (C=O) groups excluding carboxylic acids is 2. The molecule has 1 saturated carbocycles. The monoisotopic (exact) mass is 519 g/mol. The standard InChI is InChI=1S/C25H30ClN3O5S/c1-25(2,3)34-24(31)29-10-8-28(9-11-29)23(30)21-7-4-18(13-22(21)26)19-12-17(14-27-15-19)16-35(32,33)20-5-6-20/h4,7,12-15,20H,5-6,8-11,16H2,1-3H3. The smallest absolute Gasteiger partial charge is 0.410 e. The van der Waals surface area contributed by atoms with Crippen LogP contribution in [-0.2, 0) is 20.3 Å². The molecule has 8 nitrogen and oxygen atoms in total. The average Bonchev–Trinajstić information content (AvgIpc) is 3.64. The van der Waals surface area contributed by atoms with Crippen LogP contribution in [0.1, 0.15) is 49.5 Å². The van der Waals surface area contributed by atoms with Gasteiger partial charge in [-0.1, -0.05) is 17.7 Å². The zero-order valence-electron chi connectivity index (χ0n) is 20.2. The maximum atomic E-state index is 13.1. The van der Waals surface area contributed by atoms with Gasteiger partial charge in [-0.05, 0) is 62.9 Å². The maximum Gasteiger partial charge on any atom is 0.410 e. The van der Waals surface area contributed by atoms with Crippen molar-refractivity contribution in [2.75, 3.05) is 26.2 Å². The number of piperazine rings is 1. The summed E-state index contributed by atoms with van der Waals surface area (Å²) in [5, 5.41) is 0.0787. The Labute approximate surface area is 211 Å².